The number of amides is 1. The van der Waals surface area contributed by atoms with Gasteiger partial charge in [0.1, 0.15) is 5.82 Å². The molecular weight excluding hydrogens is 339 g/mol. The predicted molar refractivity (Wildman–Crippen MR) is 80.2 cm³/mol. The summed E-state index contributed by atoms with van der Waals surface area (Å²) in [6, 6.07) is 7.46. The van der Waals surface area contributed by atoms with Crippen LogP contribution in [-0.4, -0.2) is 16.5 Å². The monoisotopic (exact) mass is 350 g/mol. The highest BCUT2D eigenvalue weighted by molar-refractivity contribution is 9.10. The number of anilines is 2. The second kappa shape index (κ2) is 4.80. The molecule has 0 unspecified atom stereocenters. The molecule has 1 aromatic carbocycles. The van der Waals surface area contributed by atoms with Crippen LogP contribution in [0.25, 0.3) is 0 Å². The number of carbonyl (C=O) groups excluding carboxylic acids is 1. The average Bonchev–Trinajstić information content (AvgIpc) is 2.41. The third kappa shape index (κ3) is 2.40. The van der Waals surface area contributed by atoms with Gasteiger partial charge in [-0.3, -0.25) is 9.69 Å². The van der Waals surface area contributed by atoms with Crippen LogP contribution >= 0.6 is 15.9 Å². The summed E-state index contributed by atoms with van der Waals surface area (Å²) in [7, 11) is 0. The van der Waals surface area contributed by atoms with Crippen molar-refractivity contribution in [1.82, 2.24) is 4.98 Å². The predicted octanol–water partition coefficient (Wildman–Crippen LogP) is 3.82. The fourth-order valence-corrected chi connectivity index (χ4v) is 2.48. The van der Waals surface area contributed by atoms with E-state index in [0.29, 0.717) is 17.3 Å². The number of ether oxygens (including phenoxy) is 1. The largest absolute Gasteiger partial charge is 0.474 e. The molecule has 108 valence electrons. The van der Waals surface area contributed by atoms with Crippen LogP contribution in [0.5, 0.6) is 5.75 Å². The number of rotatable bonds is 1. The minimum Gasteiger partial charge on any atom is -0.474 e. The first kappa shape index (κ1) is 14.0. The lowest BCUT2D eigenvalue weighted by atomic mass is 10.0. The number of halogens is 2. The Morgan fingerprint density at radius 2 is 1.95 bits per heavy atom. The SMILES string of the molecule is CC1(C)Oc2cc(Br)cnc2N(c2ccc(F)cc2)C1=O. The maximum Gasteiger partial charge on any atom is 0.276 e. The van der Waals surface area contributed by atoms with Gasteiger partial charge in [-0.1, -0.05) is 0 Å². The van der Waals surface area contributed by atoms with Crippen molar-refractivity contribution in [1.29, 1.82) is 0 Å². The number of pyridine rings is 1. The van der Waals surface area contributed by atoms with Crippen molar-refractivity contribution in [3.05, 3.63) is 46.8 Å². The lowest BCUT2D eigenvalue weighted by Gasteiger charge is -2.37. The fraction of sp³-hybridized carbons (Fsp3) is 0.200. The number of hydrogen-bond acceptors (Lipinski definition) is 3. The first-order valence-corrected chi connectivity index (χ1v) is 7.12. The Balaban J connectivity index is 2.18. The number of nitrogens with zero attached hydrogens (tertiary/aromatic N) is 2. The highest BCUT2D eigenvalue weighted by Crippen LogP contribution is 2.41. The molecule has 0 spiro atoms. The molecule has 0 bridgehead atoms. The standard InChI is InChI=1S/C15H12BrFN2O2/c1-15(2)14(20)19(11-5-3-10(17)4-6-11)13-12(21-15)7-9(16)8-18-13/h3-8H,1-2H3. The van der Waals surface area contributed by atoms with Crippen molar-refractivity contribution in [2.45, 2.75) is 19.4 Å². The number of fused-ring (bicyclic) bond motifs is 1. The van der Waals surface area contributed by atoms with Gasteiger partial charge in [-0.2, -0.15) is 0 Å². The zero-order valence-corrected chi connectivity index (χ0v) is 13.0. The van der Waals surface area contributed by atoms with E-state index in [4.69, 9.17) is 4.74 Å². The van der Waals surface area contributed by atoms with Gasteiger partial charge in [0.15, 0.2) is 17.2 Å². The van der Waals surface area contributed by atoms with Crippen LogP contribution in [0.1, 0.15) is 13.8 Å². The van der Waals surface area contributed by atoms with Gasteiger partial charge in [0, 0.05) is 10.7 Å². The maximum atomic E-state index is 13.1. The van der Waals surface area contributed by atoms with Crippen molar-refractivity contribution in [3.63, 3.8) is 0 Å². The van der Waals surface area contributed by atoms with Crippen LogP contribution in [0.3, 0.4) is 0 Å². The minimum absolute atomic E-state index is 0.253. The Labute approximate surface area is 129 Å². The molecular formula is C15H12BrFN2O2. The molecule has 21 heavy (non-hydrogen) atoms. The Kier molecular flexibility index (Phi) is 3.20. The van der Waals surface area contributed by atoms with E-state index in [0.717, 1.165) is 4.47 Å². The molecule has 0 saturated heterocycles. The Morgan fingerprint density at radius 1 is 1.29 bits per heavy atom. The molecule has 4 nitrogen and oxygen atoms in total. The molecule has 0 saturated carbocycles. The van der Waals surface area contributed by atoms with E-state index in [2.05, 4.69) is 20.9 Å². The van der Waals surface area contributed by atoms with E-state index in [-0.39, 0.29) is 11.7 Å². The number of hydrogen-bond donors (Lipinski definition) is 0. The quantitative estimate of drug-likeness (QED) is 0.785. The van der Waals surface area contributed by atoms with Crippen LogP contribution in [0.2, 0.25) is 0 Å². The molecule has 2 aromatic rings. The van der Waals surface area contributed by atoms with Crippen LogP contribution in [-0.2, 0) is 4.79 Å². The zero-order chi connectivity index (χ0) is 15.2. The number of aromatic nitrogens is 1. The third-order valence-corrected chi connectivity index (χ3v) is 3.61. The summed E-state index contributed by atoms with van der Waals surface area (Å²) >= 11 is 3.33. The molecule has 6 heteroatoms. The van der Waals surface area contributed by atoms with Crippen molar-refractivity contribution in [2.75, 3.05) is 4.90 Å². The Hall–Kier alpha value is -1.95. The smallest absolute Gasteiger partial charge is 0.276 e. The summed E-state index contributed by atoms with van der Waals surface area (Å²) < 4.78 is 19.6. The van der Waals surface area contributed by atoms with Crippen molar-refractivity contribution in [2.24, 2.45) is 0 Å². The minimum atomic E-state index is -1.02. The van der Waals surface area contributed by atoms with Gasteiger partial charge in [-0.05, 0) is 60.1 Å². The van der Waals surface area contributed by atoms with E-state index < -0.39 is 5.60 Å². The second-order valence-corrected chi connectivity index (χ2v) is 6.12. The van der Waals surface area contributed by atoms with Gasteiger partial charge in [0.25, 0.3) is 5.91 Å². The van der Waals surface area contributed by atoms with Crippen LogP contribution < -0.4 is 9.64 Å². The molecule has 0 fully saturated rings. The normalized spacial score (nSPS) is 16.4. The van der Waals surface area contributed by atoms with E-state index in [1.165, 1.54) is 17.0 Å². The highest BCUT2D eigenvalue weighted by atomic mass is 79.9. The summed E-state index contributed by atoms with van der Waals surface area (Å²) in [5.74, 6) is 0.284. The van der Waals surface area contributed by atoms with E-state index in [9.17, 15) is 9.18 Å². The van der Waals surface area contributed by atoms with E-state index in [1.54, 1.807) is 38.2 Å². The van der Waals surface area contributed by atoms with Crippen LogP contribution in [0.15, 0.2) is 41.0 Å². The Morgan fingerprint density at radius 3 is 2.62 bits per heavy atom. The van der Waals surface area contributed by atoms with Crippen molar-refractivity contribution >= 4 is 33.3 Å². The summed E-state index contributed by atoms with van der Waals surface area (Å²) in [5.41, 5.74) is -0.474. The van der Waals surface area contributed by atoms with Gasteiger partial charge in [-0.25, -0.2) is 9.37 Å². The van der Waals surface area contributed by atoms with E-state index >= 15 is 0 Å². The van der Waals surface area contributed by atoms with Crippen molar-refractivity contribution in [3.8, 4) is 5.75 Å². The molecule has 2 heterocycles. The van der Waals surface area contributed by atoms with Gasteiger partial charge < -0.3 is 4.74 Å². The second-order valence-electron chi connectivity index (χ2n) is 5.20. The molecule has 1 amide bonds. The molecule has 0 N–H and O–H groups in total. The van der Waals surface area contributed by atoms with Gasteiger partial charge in [0.05, 0.1) is 5.69 Å². The topological polar surface area (TPSA) is 42.4 Å². The molecule has 1 aliphatic heterocycles. The fourth-order valence-electron chi connectivity index (χ4n) is 2.17. The summed E-state index contributed by atoms with van der Waals surface area (Å²) in [6.07, 6.45) is 1.59. The number of carbonyl (C=O) groups is 1. The first-order chi connectivity index (χ1) is 9.88. The molecule has 0 radical (unpaired) electrons. The third-order valence-electron chi connectivity index (χ3n) is 3.18. The van der Waals surface area contributed by atoms with Crippen LogP contribution in [0, 0.1) is 5.82 Å². The lowest BCUT2D eigenvalue weighted by molar-refractivity contribution is -0.131. The molecule has 1 aliphatic rings. The maximum absolute atomic E-state index is 13.1. The molecule has 0 atom stereocenters. The molecule has 0 aliphatic carbocycles. The van der Waals surface area contributed by atoms with Crippen molar-refractivity contribution < 1.29 is 13.9 Å². The number of benzene rings is 1. The van der Waals surface area contributed by atoms with Crippen LogP contribution in [0.4, 0.5) is 15.9 Å². The highest BCUT2D eigenvalue weighted by Gasteiger charge is 2.42. The zero-order valence-electron chi connectivity index (χ0n) is 11.4. The molecule has 1 aromatic heterocycles. The summed E-state index contributed by atoms with van der Waals surface area (Å²) in [5, 5.41) is 0. The summed E-state index contributed by atoms with van der Waals surface area (Å²) in [6.45, 7) is 3.38. The summed E-state index contributed by atoms with van der Waals surface area (Å²) in [4.78, 5) is 18.3. The average molecular weight is 351 g/mol. The van der Waals surface area contributed by atoms with E-state index in [1.807, 2.05) is 0 Å². The molecule has 3 rings (SSSR count). The Bertz CT molecular complexity index is 716. The lowest BCUT2D eigenvalue weighted by Crippen LogP contribution is -2.50. The van der Waals surface area contributed by atoms with Gasteiger partial charge in [-0.15, -0.1) is 0 Å². The first-order valence-electron chi connectivity index (χ1n) is 6.33. The van der Waals surface area contributed by atoms with Gasteiger partial charge >= 0.3 is 0 Å². The van der Waals surface area contributed by atoms with Gasteiger partial charge in [0.2, 0.25) is 0 Å².